The number of halogens is 1. The SMILES string of the molecule is CC(NP(=O)(Cl)OCc1ccccc1)C(=O)O. The number of carbonyl (C=O) groups is 1. The second-order valence-corrected chi connectivity index (χ2v) is 6.24. The van der Waals surface area contributed by atoms with Crippen molar-refractivity contribution >= 4 is 24.1 Å². The van der Waals surface area contributed by atoms with E-state index in [1.54, 1.807) is 12.1 Å². The van der Waals surface area contributed by atoms with Crippen LogP contribution in [0, 0.1) is 0 Å². The monoisotopic (exact) mass is 277 g/mol. The summed E-state index contributed by atoms with van der Waals surface area (Å²) in [5.74, 6) is -1.14. The standard InChI is InChI=1S/C10H13ClNO4P/c1-8(10(13)14)12-17(11,15)16-7-9-5-3-2-4-6-9/h2-6,8H,7H2,1H3,(H,12,15)(H,13,14). The van der Waals surface area contributed by atoms with E-state index in [-0.39, 0.29) is 6.61 Å². The van der Waals surface area contributed by atoms with Crippen molar-refractivity contribution in [2.45, 2.75) is 19.6 Å². The fourth-order valence-corrected chi connectivity index (χ4v) is 2.60. The Kier molecular flexibility index (Phi) is 5.15. The van der Waals surface area contributed by atoms with E-state index in [2.05, 4.69) is 5.09 Å². The van der Waals surface area contributed by atoms with Crippen molar-refractivity contribution in [1.82, 2.24) is 5.09 Å². The minimum Gasteiger partial charge on any atom is -0.480 e. The molecule has 17 heavy (non-hydrogen) atoms. The Morgan fingerprint density at radius 1 is 1.53 bits per heavy atom. The summed E-state index contributed by atoms with van der Waals surface area (Å²) in [7, 11) is 0. The molecule has 1 rings (SSSR count). The van der Waals surface area contributed by atoms with Crippen LogP contribution < -0.4 is 5.09 Å². The third-order valence-electron chi connectivity index (χ3n) is 1.96. The van der Waals surface area contributed by atoms with Crippen molar-refractivity contribution in [2.24, 2.45) is 0 Å². The van der Waals surface area contributed by atoms with Gasteiger partial charge in [-0.25, -0.2) is 5.09 Å². The minimum atomic E-state index is -3.63. The van der Waals surface area contributed by atoms with Crippen LogP contribution in [-0.4, -0.2) is 17.1 Å². The van der Waals surface area contributed by atoms with Gasteiger partial charge in [0.25, 0.3) is 0 Å². The van der Waals surface area contributed by atoms with Crippen molar-refractivity contribution in [3.63, 3.8) is 0 Å². The van der Waals surface area contributed by atoms with Gasteiger partial charge in [-0.05, 0) is 23.7 Å². The fourth-order valence-electron chi connectivity index (χ4n) is 1.06. The summed E-state index contributed by atoms with van der Waals surface area (Å²) in [6.07, 6.45) is 0. The Morgan fingerprint density at radius 3 is 2.65 bits per heavy atom. The van der Waals surface area contributed by atoms with Crippen LogP contribution in [0.1, 0.15) is 12.5 Å². The summed E-state index contributed by atoms with van der Waals surface area (Å²) in [6.45, 7) is -2.23. The van der Waals surface area contributed by atoms with Gasteiger partial charge in [-0.15, -0.1) is 0 Å². The van der Waals surface area contributed by atoms with Gasteiger partial charge in [0.2, 0.25) is 0 Å². The molecule has 0 aliphatic rings. The highest BCUT2D eigenvalue weighted by Gasteiger charge is 2.25. The number of hydrogen-bond acceptors (Lipinski definition) is 3. The quantitative estimate of drug-likeness (QED) is 0.782. The summed E-state index contributed by atoms with van der Waals surface area (Å²) in [5, 5.41) is 10.9. The Labute approximate surface area is 104 Å². The Bertz CT molecular complexity index is 426. The van der Waals surface area contributed by atoms with Gasteiger partial charge in [-0.2, -0.15) is 0 Å². The van der Waals surface area contributed by atoms with Gasteiger partial charge in [0.1, 0.15) is 6.04 Å². The number of carboxylic acid groups (broad SMARTS) is 1. The predicted molar refractivity (Wildman–Crippen MR) is 64.9 cm³/mol. The molecule has 0 fully saturated rings. The molecule has 0 spiro atoms. The summed E-state index contributed by atoms with van der Waals surface area (Å²) in [4.78, 5) is 10.6. The highest BCUT2D eigenvalue weighted by molar-refractivity contribution is 7.83. The lowest BCUT2D eigenvalue weighted by atomic mass is 10.2. The van der Waals surface area contributed by atoms with E-state index in [1.807, 2.05) is 18.2 Å². The average Bonchev–Trinajstić information content (AvgIpc) is 2.27. The third kappa shape index (κ3) is 5.33. The van der Waals surface area contributed by atoms with E-state index in [9.17, 15) is 9.36 Å². The molecule has 0 aromatic heterocycles. The minimum absolute atomic E-state index is 0.0565. The van der Waals surface area contributed by atoms with Crippen LogP contribution in [0.4, 0.5) is 0 Å². The third-order valence-corrected chi connectivity index (χ3v) is 3.70. The van der Waals surface area contributed by atoms with Gasteiger partial charge >= 0.3 is 12.8 Å². The van der Waals surface area contributed by atoms with Crippen LogP contribution in [0.5, 0.6) is 0 Å². The number of rotatable bonds is 6. The first-order valence-corrected chi connectivity index (χ1v) is 7.42. The van der Waals surface area contributed by atoms with E-state index in [1.165, 1.54) is 6.92 Å². The smallest absolute Gasteiger partial charge is 0.361 e. The maximum atomic E-state index is 11.7. The Hall–Kier alpha value is -0.870. The molecule has 0 saturated heterocycles. The van der Waals surface area contributed by atoms with Crippen molar-refractivity contribution in [3.8, 4) is 0 Å². The molecule has 0 bridgehead atoms. The van der Waals surface area contributed by atoms with Gasteiger partial charge in [0.15, 0.2) is 0 Å². The molecular formula is C10H13ClNO4P. The molecular weight excluding hydrogens is 265 g/mol. The van der Waals surface area contributed by atoms with Crippen LogP contribution in [0.3, 0.4) is 0 Å². The summed E-state index contributed by atoms with van der Waals surface area (Å²) in [6, 6.07) is 8.01. The molecule has 2 atom stereocenters. The normalized spacial score (nSPS) is 16.1. The molecule has 0 radical (unpaired) electrons. The van der Waals surface area contributed by atoms with Crippen molar-refractivity contribution < 1.29 is 19.0 Å². The molecule has 1 aromatic carbocycles. The molecule has 0 saturated carbocycles. The van der Waals surface area contributed by atoms with Crippen molar-refractivity contribution in [3.05, 3.63) is 35.9 Å². The zero-order chi connectivity index (χ0) is 12.9. The largest absolute Gasteiger partial charge is 0.480 e. The highest BCUT2D eigenvalue weighted by Crippen LogP contribution is 2.49. The van der Waals surface area contributed by atoms with Gasteiger partial charge < -0.3 is 9.63 Å². The van der Waals surface area contributed by atoms with Gasteiger partial charge in [-0.1, -0.05) is 30.3 Å². The fraction of sp³-hybridized carbons (Fsp3) is 0.300. The van der Waals surface area contributed by atoms with Gasteiger partial charge in [0.05, 0.1) is 6.61 Å². The number of aliphatic carboxylic acids is 1. The number of nitrogens with one attached hydrogen (secondary N) is 1. The molecule has 5 nitrogen and oxygen atoms in total. The predicted octanol–water partition coefficient (Wildman–Crippen LogP) is 2.61. The molecule has 0 aliphatic carbocycles. The first kappa shape index (κ1) is 14.2. The van der Waals surface area contributed by atoms with Crippen LogP contribution >= 0.6 is 18.1 Å². The molecule has 7 heteroatoms. The van der Waals surface area contributed by atoms with Crippen LogP contribution in [0.2, 0.25) is 0 Å². The first-order chi connectivity index (χ1) is 7.91. The molecule has 0 amide bonds. The number of benzene rings is 1. The lowest BCUT2D eigenvalue weighted by Crippen LogP contribution is -2.30. The van der Waals surface area contributed by atoms with Crippen LogP contribution in [0.25, 0.3) is 0 Å². The average molecular weight is 278 g/mol. The van der Waals surface area contributed by atoms with Crippen molar-refractivity contribution in [1.29, 1.82) is 0 Å². The van der Waals surface area contributed by atoms with E-state index < -0.39 is 18.9 Å². The van der Waals surface area contributed by atoms with Gasteiger partial charge in [0, 0.05) is 0 Å². The van der Waals surface area contributed by atoms with Crippen LogP contribution in [0.15, 0.2) is 30.3 Å². The van der Waals surface area contributed by atoms with E-state index >= 15 is 0 Å². The van der Waals surface area contributed by atoms with Gasteiger partial charge in [-0.3, -0.25) is 9.36 Å². The number of carboxylic acids is 1. The summed E-state index contributed by atoms with van der Waals surface area (Å²) < 4.78 is 16.7. The van der Waals surface area contributed by atoms with Crippen LogP contribution in [-0.2, 0) is 20.5 Å². The molecule has 0 heterocycles. The first-order valence-electron chi connectivity index (χ1n) is 4.89. The highest BCUT2D eigenvalue weighted by atomic mass is 35.7. The van der Waals surface area contributed by atoms with Crippen molar-refractivity contribution in [2.75, 3.05) is 0 Å². The molecule has 94 valence electrons. The topological polar surface area (TPSA) is 75.6 Å². The van der Waals surface area contributed by atoms with E-state index in [0.717, 1.165) is 5.56 Å². The zero-order valence-electron chi connectivity index (χ0n) is 9.17. The Balaban J connectivity index is 2.50. The maximum absolute atomic E-state index is 11.7. The maximum Gasteiger partial charge on any atom is 0.361 e. The molecule has 2 N–H and O–H groups in total. The lowest BCUT2D eigenvalue weighted by molar-refractivity contribution is -0.138. The molecule has 0 aliphatic heterocycles. The summed E-state index contributed by atoms with van der Waals surface area (Å²) in [5.41, 5.74) is 0.804. The molecule has 1 aromatic rings. The molecule has 2 unspecified atom stereocenters. The lowest BCUT2D eigenvalue weighted by Gasteiger charge is -2.15. The Morgan fingerprint density at radius 2 is 2.12 bits per heavy atom. The van der Waals surface area contributed by atoms with E-state index in [4.69, 9.17) is 20.9 Å². The second kappa shape index (κ2) is 6.17. The summed E-state index contributed by atoms with van der Waals surface area (Å²) >= 11 is 5.58. The number of hydrogen-bond donors (Lipinski definition) is 2. The second-order valence-electron chi connectivity index (χ2n) is 3.43. The van der Waals surface area contributed by atoms with E-state index in [0.29, 0.717) is 0 Å². The zero-order valence-corrected chi connectivity index (χ0v) is 10.8.